The van der Waals surface area contributed by atoms with Gasteiger partial charge in [-0.05, 0) is 109 Å². The first-order valence-corrected chi connectivity index (χ1v) is 21.0. The summed E-state index contributed by atoms with van der Waals surface area (Å²) in [6, 6.07) is 72.8. The number of benzene rings is 10. The van der Waals surface area contributed by atoms with E-state index in [9.17, 15) is 0 Å². The summed E-state index contributed by atoms with van der Waals surface area (Å²) in [6.07, 6.45) is 0. The number of anilines is 3. The number of rotatable bonds is 3. The van der Waals surface area contributed by atoms with Gasteiger partial charge in [0.2, 0.25) is 0 Å². The Morgan fingerprint density at radius 2 is 0.867 bits per heavy atom. The van der Waals surface area contributed by atoms with Crippen LogP contribution in [0.3, 0.4) is 0 Å². The quantitative estimate of drug-likeness (QED) is 0.164. The summed E-state index contributed by atoms with van der Waals surface area (Å²) >= 11 is 0. The molecule has 1 aliphatic carbocycles. The summed E-state index contributed by atoms with van der Waals surface area (Å²) in [6.45, 7) is 0.00816. The molecule has 0 fully saturated rings. The second-order valence-electron chi connectivity index (χ2n) is 16.8. The lowest BCUT2D eigenvalue weighted by molar-refractivity contribution is 1.13. The first-order valence-electron chi connectivity index (χ1n) is 21.0. The number of nitrogens with zero attached hydrogens (tertiary/aromatic N) is 3. The van der Waals surface area contributed by atoms with Crippen molar-refractivity contribution in [1.82, 2.24) is 9.13 Å². The zero-order valence-electron chi connectivity index (χ0n) is 32.4. The van der Waals surface area contributed by atoms with Crippen LogP contribution in [0.2, 0.25) is 0 Å². The van der Waals surface area contributed by atoms with Gasteiger partial charge in [-0.2, -0.15) is 0 Å². The average molecular weight is 758 g/mol. The molecule has 12 aromatic rings. The summed E-state index contributed by atoms with van der Waals surface area (Å²) in [7, 11) is 0. The zero-order chi connectivity index (χ0) is 38.8. The normalized spacial score (nSPS) is 13.0. The van der Waals surface area contributed by atoms with Crippen LogP contribution in [0.15, 0.2) is 194 Å². The lowest BCUT2D eigenvalue weighted by atomic mass is 9.34. The van der Waals surface area contributed by atoms with Crippen molar-refractivity contribution >= 4 is 105 Å². The molecule has 0 N–H and O–H groups in total. The van der Waals surface area contributed by atoms with E-state index in [0.717, 1.165) is 17.1 Å². The SMILES string of the molecule is c1ccc(N(c2ccccc2)c2cc3c4c(c2)-n2c5cccc6c5c5c7c(cccc7cc(c52)B4c2cc4ccccc4c4c5ccccc5n-3c24)-c2ccccc2-6)cc1. The predicted octanol–water partition coefficient (Wildman–Crippen LogP) is 12.4. The highest BCUT2D eigenvalue weighted by atomic mass is 15.2. The third kappa shape index (κ3) is 3.70. The molecule has 4 heteroatoms. The molecule has 4 heterocycles. The van der Waals surface area contributed by atoms with Gasteiger partial charge >= 0.3 is 0 Å². The third-order valence-corrected chi connectivity index (χ3v) is 13.9. The topological polar surface area (TPSA) is 13.1 Å². The van der Waals surface area contributed by atoms with E-state index < -0.39 is 0 Å². The van der Waals surface area contributed by atoms with E-state index >= 15 is 0 Å². The monoisotopic (exact) mass is 757 g/mol. The molecule has 0 bridgehead atoms. The molecule has 0 spiro atoms. The molecular formula is C56H32BN3. The summed E-state index contributed by atoms with van der Waals surface area (Å²) in [5.41, 5.74) is 20.3. The highest BCUT2D eigenvalue weighted by molar-refractivity contribution is 7.00. The van der Waals surface area contributed by atoms with Crippen LogP contribution in [0.5, 0.6) is 0 Å². The van der Waals surface area contributed by atoms with E-state index in [4.69, 9.17) is 0 Å². The molecule has 2 aliphatic heterocycles. The van der Waals surface area contributed by atoms with E-state index in [1.807, 2.05) is 0 Å². The Morgan fingerprint density at radius 1 is 0.350 bits per heavy atom. The van der Waals surface area contributed by atoms with Crippen molar-refractivity contribution in [2.45, 2.75) is 0 Å². The lowest BCUT2D eigenvalue weighted by Gasteiger charge is -2.36. The van der Waals surface area contributed by atoms with Gasteiger partial charge in [0, 0.05) is 44.3 Å². The molecule has 10 aromatic carbocycles. The molecule has 0 radical (unpaired) electrons. The second-order valence-corrected chi connectivity index (χ2v) is 16.8. The van der Waals surface area contributed by atoms with Crippen LogP contribution in [-0.2, 0) is 0 Å². The highest BCUT2D eigenvalue weighted by Gasteiger charge is 2.43. The van der Waals surface area contributed by atoms with Crippen LogP contribution in [0.25, 0.3) is 98.8 Å². The first-order chi connectivity index (χ1) is 29.8. The maximum absolute atomic E-state index is 2.65. The third-order valence-electron chi connectivity index (χ3n) is 13.9. The molecule has 3 nitrogen and oxygen atoms in total. The molecule has 60 heavy (non-hydrogen) atoms. The first kappa shape index (κ1) is 31.2. The summed E-state index contributed by atoms with van der Waals surface area (Å²) in [5, 5.41) is 10.6. The van der Waals surface area contributed by atoms with Gasteiger partial charge < -0.3 is 14.0 Å². The molecule has 0 unspecified atom stereocenters. The molecule has 274 valence electrons. The molecule has 0 atom stereocenters. The van der Waals surface area contributed by atoms with Crippen LogP contribution in [0.1, 0.15) is 0 Å². The van der Waals surface area contributed by atoms with Gasteiger partial charge in [-0.3, -0.25) is 0 Å². The number of aromatic nitrogens is 2. The number of para-hydroxylation sites is 3. The lowest BCUT2D eigenvalue weighted by Crippen LogP contribution is -2.59. The summed E-state index contributed by atoms with van der Waals surface area (Å²) < 4.78 is 5.26. The van der Waals surface area contributed by atoms with Crippen LogP contribution in [0, 0.1) is 0 Å². The van der Waals surface area contributed by atoms with Gasteiger partial charge in [0.05, 0.1) is 27.8 Å². The van der Waals surface area contributed by atoms with Gasteiger partial charge in [-0.1, -0.05) is 146 Å². The van der Waals surface area contributed by atoms with Gasteiger partial charge in [-0.25, -0.2) is 0 Å². The Bertz CT molecular complexity index is 3860. The van der Waals surface area contributed by atoms with Gasteiger partial charge in [0.1, 0.15) is 0 Å². The zero-order valence-corrected chi connectivity index (χ0v) is 32.4. The molecule has 2 aromatic heterocycles. The fraction of sp³-hybridized carbons (Fsp3) is 0. The maximum atomic E-state index is 2.65. The maximum Gasteiger partial charge on any atom is 0.252 e. The summed E-state index contributed by atoms with van der Waals surface area (Å²) in [4.78, 5) is 2.44. The van der Waals surface area contributed by atoms with E-state index in [2.05, 4.69) is 208 Å². The Balaban J connectivity index is 1.20. The fourth-order valence-corrected chi connectivity index (χ4v) is 11.8. The summed E-state index contributed by atoms with van der Waals surface area (Å²) in [5.74, 6) is 0. The Labute approximate surface area is 345 Å². The van der Waals surface area contributed by atoms with Crippen molar-refractivity contribution in [2.24, 2.45) is 0 Å². The van der Waals surface area contributed by atoms with Crippen molar-refractivity contribution in [2.75, 3.05) is 4.90 Å². The standard InChI is InChI=1S/C56H32BN3/c1-3-17-35(18-4-1)58(36-19-5-2-6-20-36)37-31-48-54-49(32-37)60-47-28-14-26-42-40-23-10-9-22-39(40)41-25-13-16-34-30-45(56(60)53(50(34)41)52(42)47)57(54)44-29-33-15-7-8-21-38(33)51-43-24-11-12-27-46(43)59(48)55(44)51/h1-32H. The van der Waals surface area contributed by atoms with Gasteiger partial charge in [0.25, 0.3) is 6.71 Å². The Kier molecular flexibility index (Phi) is 5.73. The van der Waals surface area contributed by atoms with Gasteiger partial charge in [-0.15, -0.1) is 0 Å². The average Bonchev–Trinajstić information content (AvgIpc) is 3.81. The number of fused-ring (bicyclic) bond motifs is 13. The molecule has 15 rings (SSSR count). The molecular weight excluding hydrogens is 725 g/mol. The largest absolute Gasteiger partial charge is 0.310 e. The van der Waals surface area contributed by atoms with E-state index in [1.54, 1.807) is 0 Å². The Hall–Kier alpha value is -7.82. The molecule has 0 saturated heterocycles. The minimum Gasteiger partial charge on any atom is -0.310 e. The number of hydrogen-bond acceptors (Lipinski definition) is 1. The van der Waals surface area contributed by atoms with Crippen LogP contribution in [0.4, 0.5) is 17.1 Å². The highest BCUT2D eigenvalue weighted by Crippen LogP contribution is 2.51. The van der Waals surface area contributed by atoms with Crippen LogP contribution < -0.4 is 21.3 Å². The Morgan fingerprint density at radius 3 is 1.60 bits per heavy atom. The molecule has 0 saturated carbocycles. The predicted molar refractivity (Wildman–Crippen MR) is 254 cm³/mol. The van der Waals surface area contributed by atoms with E-state index in [1.165, 1.54) is 115 Å². The van der Waals surface area contributed by atoms with Crippen molar-refractivity contribution < 1.29 is 0 Å². The fourth-order valence-electron chi connectivity index (χ4n) is 11.8. The van der Waals surface area contributed by atoms with E-state index in [-0.39, 0.29) is 6.71 Å². The minimum atomic E-state index is 0.00816. The van der Waals surface area contributed by atoms with Crippen molar-refractivity contribution in [3.63, 3.8) is 0 Å². The van der Waals surface area contributed by atoms with Gasteiger partial charge in [0.15, 0.2) is 0 Å². The number of hydrogen-bond donors (Lipinski definition) is 0. The molecule has 0 amide bonds. The molecule has 3 aliphatic rings. The second kappa shape index (κ2) is 11.0. The van der Waals surface area contributed by atoms with Crippen molar-refractivity contribution in [3.05, 3.63) is 194 Å². The smallest absolute Gasteiger partial charge is 0.252 e. The van der Waals surface area contributed by atoms with Crippen molar-refractivity contribution in [1.29, 1.82) is 0 Å². The van der Waals surface area contributed by atoms with E-state index in [0.29, 0.717) is 0 Å². The minimum absolute atomic E-state index is 0.00816. The van der Waals surface area contributed by atoms with Crippen molar-refractivity contribution in [3.8, 4) is 33.6 Å². The van der Waals surface area contributed by atoms with Crippen LogP contribution >= 0.6 is 0 Å². The van der Waals surface area contributed by atoms with Crippen LogP contribution in [-0.4, -0.2) is 15.8 Å².